The molecule has 7 heteroatoms. The average Bonchev–Trinajstić information content (AvgIpc) is 3.30. The molecule has 0 radical (unpaired) electrons. The van der Waals surface area contributed by atoms with E-state index in [1.54, 1.807) is 10.7 Å². The van der Waals surface area contributed by atoms with Crippen LogP contribution in [0.4, 0.5) is 5.82 Å². The van der Waals surface area contributed by atoms with Gasteiger partial charge >= 0.3 is 0 Å². The van der Waals surface area contributed by atoms with Gasteiger partial charge in [0.15, 0.2) is 5.69 Å². The third-order valence-electron chi connectivity index (χ3n) is 4.70. The second-order valence-electron chi connectivity index (χ2n) is 6.74. The lowest BCUT2D eigenvalue weighted by atomic mass is 10.2. The van der Waals surface area contributed by atoms with Crippen molar-refractivity contribution in [3.8, 4) is 0 Å². The van der Waals surface area contributed by atoms with E-state index in [-0.39, 0.29) is 18.4 Å². The molecule has 3 aromatic rings. The number of hydrogen-bond acceptors (Lipinski definition) is 4. The lowest BCUT2D eigenvalue weighted by Gasteiger charge is -2.13. The number of nitrogens with zero attached hydrogens (tertiary/aromatic N) is 4. The highest BCUT2D eigenvalue weighted by molar-refractivity contribution is 6.05. The molecule has 1 aromatic carbocycles. The molecule has 138 valence electrons. The maximum atomic E-state index is 12.8. The second-order valence-corrected chi connectivity index (χ2v) is 6.74. The quantitative estimate of drug-likeness (QED) is 0.773. The molecule has 0 spiro atoms. The molecule has 1 aliphatic heterocycles. The van der Waals surface area contributed by atoms with Crippen molar-refractivity contribution in [2.75, 3.05) is 18.4 Å². The zero-order valence-electron chi connectivity index (χ0n) is 15.2. The van der Waals surface area contributed by atoms with Crippen molar-refractivity contribution in [3.05, 3.63) is 53.9 Å². The van der Waals surface area contributed by atoms with Gasteiger partial charge in [-0.3, -0.25) is 14.3 Å². The van der Waals surface area contributed by atoms with Crippen LogP contribution >= 0.6 is 0 Å². The SMILES string of the molecule is Cc1cccc(NC(=O)Cn2nc(C(=O)N3CCCC3)c3ccccc32)n1. The van der Waals surface area contributed by atoms with E-state index in [1.165, 1.54) is 0 Å². The molecule has 0 saturated carbocycles. The van der Waals surface area contributed by atoms with Crippen LogP contribution in [0.3, 0.4) is 0 Å². The summed E-state index contributed by atoms with van der Waals surface area (Å²) < 4.78 is 1.59. The Labute approximate surface area is 157 Å². The van der Waals surface area contributed by atoms with Gasteiger partial charge in [0.1, 0.15) is 12.4 Å². The summed E-state index contributed by atoms with van der Waals surface area (Å²) in [5.41, 5.74) is 2.01. The van der Waals surface area contributed by atoms with Crippen LogP contribution < -0.4 is 5.32 Å². The number of benzene rings is 1. The minimum absolute atomic E-state index is 0.0173. The Kier molecular flexibility index (Phi) is 4.58. The van der Waals surface area contributed by atoms with Gasteiger partial charge in [0.05, 0.1) is 5.52 Å². The summed E-state index contributed by atoms with van der Waals surface area (Å²) in [7, 11) is 0. The summed E-state index contributed by atoms with van der Waals surface area (Å²) in [6.07, 6.45) is 2.05. The van der Waals surface area contributed by atoms with Gasteiger partial charge in [0, 0.05) is 24.2 Å². The number of aromatic nitrogens is 3. The molecule has 2 amide bonds. The number of rotatable bonds is 4. The Morgan fingerprint density at radius 1 is 1.07 bits per heavy atom. The highest BCUT2D eigenvalue weighted by Crippen LogP contribution is 2.22. The van der Waals surface area contributed by atoms with Crippen LogP contribution in [-0.2, 0) is 11.3 Å². The zero-order valence-corrected chi connectivity index (χ0v) is 15.2. The minimum Gasteiger partial charge on any atom is -0.337 e. The highest BCUT2D eigenvalue weighted by Gasteiger charge is 2.25. The maximum absolute atomic E-state index is 12.8. The molecule has 1 N–H and O–H groups in total. The van der Waals surface area contributed by atoms with Crippen LogP contribution in [0.5, 0.6) is 0 Å². The van der Waals surface area contributed by atoms with Gasteiger partial charge in [-0.15, -0.1) is 0 Å². The number of hydrogen-bond donors (Lipinski definition) is 1. The first-order chi connectivity index (χ1) is 13.1. The molecule has 4 rings (SSSR count). The van der Waals surface area contributed by atoms with E-state index >= 15 is 0 Å². The average molecular weight is 363 g/mol. The largest absolute Gasteiger partial charge is 0.337 e. The molecule has 0 atom stereocenters. The minimum atomic E-state index is -0.235. The molecule has 0 unspecified atom stereocenters. The van der Waals surface area contributed by atoms with Crippen molar-refractivity contribution in [2.45, 2.75) is 26.3 Å². The molecule has 2 aromatic heterocycles. The number of nitrogens with one attached hydrogen (secondary N) is 1. The number of carbonyl (C=O) groups is 2. The lowest BCUT2D eigenvalue weighted by molar-refractivity contribution is -0.116. The number of likely N-dealkylation sites (tertiary alicyclic amines) is 1. The smallest absolute Gasteiger partial charge is 0.275 e. The van der Waals surface area contributed by atoms with Crippen LogP contribution in [-0.4, -0.2) is 44.6 Å². The molecule has 0 aliphatic carbocycles. The molecule has 1 aliphatic rings. The first kappa shape index (κ1) is 17.2. The van der Waals surface area contributed by atoms with Crippen molar-refractivity contribution in [1.82, 2.24) is 19.7 Å². The standard InChI is InChI=1S/C20H21N5O2/c1-14-7-6-10-17(21-14)22-18(26)13-25-16-9-3-2-8-15(16)19(23-25)20(27)24-11-4-5-12-24/h2-3,6-10H,4-5,11-13H2,1H3,(H,21,22,26). The van der Waals surface area contributed by atoms with Gasteiger partial charge in [0.2, 0.25) is 5.91 Å². The Balaban J connectivity index is 1.60. The van der Waals surface area contributed by atoms with E-state index in [4.69, 9.17) is 0 Å². The second kappa shape index (κ2) is 7.19. The molecule has 3 heterocycles. The summed E-state index contributed by atoms with van der Waals surface area (Å²) in [4.78, 5) is 31.4. The van der Waals surface area contributed by atoms with E-state index in [9.17, 15) is 9.59 Å². The summed E-state index contributed by atoms with van der Waals surface area (Å²) in [6, 6.07) is 13.0. The molecule has 7 nitrogen and oxygen atoms in total. The zero-order chi connectivity index (χ0) is 18.8. The number of anilines is 1. The van der Waals surface area contributed by atoms with Gasteiger partial charge in [-0.25, -0.2) is 4.98 Å². The fraction of sp³-hybridized carbons (Fsp3) is 0.300. The molecule has 27 heavy (non-hydrogen) atoms. The van der Waals surface area contributed by atoms with E-state index in [1.807, 2.05) is 48.2 Å². The van der Waals surface area contributed by atoms with Crippen molar-refractivity contribution in [1.29, 1.82) is 0 Å². The van der Waals surface area contributed by atoms with Crippen LogP contribution in [0.1, 0.15) is 29.0 Å². The Bertz CT molecular complexity index is 1000. The van der Waals surface area contributed by atoms with Gasteiger partial charge < -0.3 is 10.2 Å². The van der Waals surface area contributed by atoms with Gasteiger partial charge in [-0.1, -0.05) is 24.3 Å². The molecular formula is C20H21N5O2. The van der Waals surface area contributed by atoms with E-state index in [0.717, 1.165) is 42.5 Å². The summed E-state index contributed by atoms with van der Waals surface area (Å²) >= 11 is 0. The summed E-state index contributed by atoms with van der Waals surface area (Å²) in [6.45, 7) is 3.41. The topological polar surface area (TPSA) is 80.1 Å². The lowest BCUT2D eigenvalue weighted by Crippen LogP contribution is -2.28. The third-order valence-corrected chi connectivity index (χ3v) is 4.70. The number of para-hydroxylation sites is 1. The van der Waals surface area contributed by atoms with E-state index in [0.29, 0.717) is 11.5 Å². The van der Waals surface area contributed by atoms with E-state index in [2.05, 4.69) is 15.4 Å². The van der Waals surface area contributed by atoms with Crippen molar-refractivity contribution >= 4 is 28.5 Å². The molecular weight excluding hydrogens is 342 g/mol. The molecule has 1 saturated heterocycles. The van der Waals surface area contributed by atoms with Crippen LogP contribution in [0.15, 0.2) is 42.5 Å². The molecule has 0 bridgehead atoms. The van der Waals surface area contributed by atoms with E-state index < -0.39 is 0 Å². The van der Waals surface area contributed by atoms with Crippen LogP contribution in [0.2, 0.25) is 0 Å². The number of aryl methyl sites for hydroxylation is 1. The monoisotopic (exact) mass is 363 g/mol. The van der Waals surface area contributed by atoms with Gasteiger partial charge in [-0.2, -0.15) is 5.10 Å². The number of carbonyl (C=O) groups excluding carboxylic acids is 2. The Morgan fingerprint density at radius 2 is 1.85 bits per heavy atom. The van der Waals surface area contributed by atoms with Gasteiger partial charge in [0.25, 0.3) is 5.91 Å². The van der Waals surface area contributed by atoms with Crippen molar-refractivity contribution in [3.63, 3.8) is 0 Å². The molecule has 1 fully saturated rings. The third kappa shape index (κ3) is 3.53. The maximum Gasteiger partial charge on any atom is 0.275 e. The van der Waals surface area contributed by atoms with Crippen molar-refractivity contribution < 1.29 is 9.59 Å². The number of amides is 2. The number of pyridine rings is 1. The fourth-order valence-electron chi connectivity index (χ4n) is 3.41. The normalized spacial score (nSPS) is 13.9. The Hall–Kier alpha value is -3.22. The summed E-state index contributed by atoms with van der Waals surface area (Å²) in [5, 5.41) is 8.03. The van der Waals surface area contributed by atoms with Crippen molar-refractivity contribution in [2.24, 2.45) is 0 Å². The fourth-order valence-corrected chi connectivity index (χ4v) is 3.41. The highest BCUT2D eigenvalue weighted by atomic mass is 16.2. The Morgan fingerprint density at radius 3 is 2.63 bits per heavy atom. The predicted molar refractivity (Wildman–Crippen MR) is 102 cm³/mol. The number of fused-ring (bicyclic) bond motifs is 1. The van der Waals surface area contributed by atoms with Crippen LogP contribution in [0.25, 0.3) is 10.9 Å². The van der Waals surface area contributed by atoms with Crippen LogP contribution in [0, 0.1) is 6.92 Å². The predicted octanol–water partition coefficient (Wildman–Crippen LogP) is 2.61. The first-order valence-corrected chi connectivity index (χ1v) is 9.10. The van der Waals surface area contributed by atoms with Gasteiger partial charge in [-0.05, 0) is 38.0 Å². The summed E-state index contributed by atoms with van der Waals surface area (Å²) in [5.74, 6) is 0.203. The first-order valence-electron chi connectivity index (χ1n) is 9.10.